The molecule has 120 valence electrons. The summed E-state index contributed by atoms with van der Waals surface area (Å²) in [4.78, 5) is 0. The van der Waals surface area contributed by atoms with E-state index in [-0.39, 0.29) is 6.10 Å². The van der Waals surface area contributed by atoms with Gasteiger partial charge in [0.25, 0.3) is 6.48 Å². The minimum atomic E-state index is -0.484. The highest BCUT2D eigenvalue weighted by molar-refractivity contribution is 4.61. The lowest BCUT2D eigenvalue weighted by Crippen LogP contribution is -2.23. The van der Waals surface area contributed by atoms with Crippen LogP contribution in [0.15, 0.2) is 0 Å². The van der Waals surface area contributed by atoms with E-state index in [1.54, 1.807) is 0 Å². The minimum Gasteiger partial charge on any atom is -0.330 e. The van der Waals surface area contributed by atoms with E-state index in [4.69, 9.17) is 19.9 Å². The molecule has 0 aromatic carbocycles. The molecule has 1 saturated heterocycles. The summed E-state index contributed by atoms with van der Waals surface area (Å²) >= 11 is 0. The Balaban J connectivity index is 1.75. The molecule has 1 aliphatic heterocycles. The summed E-state index contributed by atoms with van der Waals surface area (Å²) in [7, 11) is 0. The zero-order valence-corrected chi connectivity index (χ0v) is 13.1. The molecule has 0 amide bonds. The highest BCUT2D eigenvalue weighted by Gasteiger charge is 2.24. The fourth-order valence-electron chi connectivity index (χ4n) is 2.40. The fraction of sp³-hybridized carbons (Fsp3) is 1.00. The predicted octanol–water partition coefficient (Wildman–Crippen LogP) is 3.58. The van der Waals surface area contributed by atoms with E-state index < -0.39 is 6.48 Å². The largest absolute Gasteiger partial charge is 0.330 e. The average Bonchev–Trinajstić information content (AvgIpc) is 2.93. The van der Waals surface area contributed by atoms with Crippen LogP contribution in [-0.4, -0.2) is 32.3 Å². The predicted molar refractivity (Wildman–Crippen MR) is 81.5 cm³/mol. The number of hydrogen-bond donors (Lipinski definition) is 1. The van der Waals surface area contributed by atoms with Crippen LogP contribution in [-0.2, 0) is 14.2 Å². The third kappa shape index (κ3) is 8.90. The van der Waals surface area contributed by atoms with Crippen molar-refractivity contribution in [2.45, 2.75) is 83.7 Å². The van der Waals surface area contributed by atoms with Gasteiger partial charge in [-0.25, -0.2) is 0 Å². The molecule has 20 heavy (non-hydrogen) atoms. The summed E-state index contributed by atoms with van der Waals surface area (Å²) in [5.74, 6) is 0. The smallest absolute Gasteiger partial charge is 0.272 e. The summed E-state index contributed by atoms with van der Waals surface area (Å²) in [5, 5.41) is 0. The summed E-state index contributed by atoms with van der Waals surface area (Å²) in [6.45, 7) is 3.55. The molecule has 4 nitrogen and oxygen atoms in total. The second-order valence-electron chi connectivity index (χ2n) is 5.67. The van der Waals surface area contributed by atoms with Gasteiger partial charge in [-0.05, 0) is 6.42 Å². The first-order valence-corrected chi connectivity index (χ1v) is 8.45. The van der Waals surface area contributed by atoms with Crippen LogP contribution in [0.5, 0.6) is 0 Å². The molecule has 2 atom stereocenters. The molecule has 1 rings (SSSR count). The van der Waals surface area contributed by atoms with Crippen LogP contribution in [0, 0.1) is 0 Å². The highest BCUT2D eigenvalue weighted by atomic mass is 16.9. The highest BCUT2D eigenvalue weighted by Crippen LogP contribution is 2.13. The van der Waals surface area contributed by atoms with E-state index in [0.29, 0.717) is 13.2 Å². The number of hydrogen-bond acceptors (Lipinski definition) is 4. The van der Waals surface area contributed by atoms with Gasteiger partial charge < -0.3 is 19.9 Å². The van der Waals surface area contributed by atoms with Gasteiger partial charge in [0, 0.05) is 6.54 Å². The van der Waals surface area contributed by atoms with Crippen molar-refractivity contribution >= 4 is 0 Å². The Morgan fingerprint density at radius 3 is 2.10 bits per heavy atom. The van der Waals surface area contributed by atoms with Crippen LogP contribution in [0.1, 0.15) is 71.1 Å². The van der Waals surface area contributed by atoms with Crippen molar-refractivity contribution in [2.75, 3.05) is 19.8 Å². The van der Waals surface area contributed by atoms with Gasteiger partial charge in [-0.1, -0.05) is 64.7 Å². The molecule has 1 aliphatic rings. The van der Waals surface area contributed by atoms with E-state index in [1.165, 1.54) is 57.8 Å². The van der Waals surface area contributed by atoms with Gasteiger partial charge in [-0.2, -0.15) is 0 Å². The van der Waals surface area contributed by atoms with Crippen molar-refractivity contribution in [3.63, 3.8) is 0 Å². The Hall–Kier alpha value is -0.160. The quantitative estimate of drug-likeness (QED) is 0.526. The van der Waals surface area contributed by atoms with E-state index in [1.807, 2.05) is 0 Å². The normalized spacial score (nSPS) is 22.5. The average molecular weight is 287 g/mol. The van der Waals surface area contributed by atoms with Crippen molar-refractivity contribution in [1.29, 1.82) is 0 Å². The van der Waals surface area contributed by atoms with Gasteiger partial charge in [-0.15, -0.1) is 0 Å². The monoisotopic (exact) mass is 287 g/mol. The lowest BCUT2D eigenvalue weighted by Gasteiger charge is -2.11. The summed E-state index contributed by atoms with van der Waals surface area (Å²) in [6.07, 6.45) is 13.4. The number of unbranched alkanes of at least 4 members (excludes halogenated alkanes) is 9. The molecule has 2 N–H and O–H groups in total. The summed E-state index contributed by atoms with van der Waals surface area (Å²) in [5.41, 5.74) is 5.50. The number of rotatable bonds is 13. The third-order valence-electron chi connectivity index (χ3n) is 3.74. The fourth-order valence-corrected chi connectivity index (χ4v) is 2.40. The standard InChI is InChI=1S/C16H33NO3/c1-2-3-4-5-6-7-8-9-10-11-12-18-16-19-14-15(13-17)20-16/h15-16H,2-14,17H2,1H3. The van der Waals surface area contributed by atoms with Crippen LogP contribution < -0.4 is 5.73 Å². The molecule has 1 fully saturated rings. The van der Waals surface area contributed by atoms with Gasteiger partial charge in [0.2, 0.25) is 0 Å². The summed E-state index contributed by atoms with van der Waals surface area (Å²) in [6, 6.07) is 0. The van der Waals surface area contributed by atoms with Crippen molar-refractivity contribution < 1.29 is 14.2 Å². The lowest BCUT2D eigenvalue weighted by atomic mass is 10.1. The molecule has 0 aromatic rings. The maximum absolute atomic E-state index is 5.51. The van der Waals surface area contributed by atoms with E-state index in [0.717, 1.165) is 13.0 Å². The van der Waals surface area contributed by atoms with E-state index in [9.17, 15) is 0 Å². The molecule has 1 heterocycles. The van der Waals surface area contributed by atoms with Crippen LogP contribution >= 0.6 is 0 Å². The zero-order chi connectivity index (χ0) is 14.5. The van der Waals surface area contributed by atoms with Crippen LogP contribution in [0.4, 0.5) is 0 Å². The van der Waals surface area contributed by atoms with Crippen LogP contribution in [0.3, 0.4) is 0 Å². The molecule has 0 aromatic heterocycles. The molecule has 0 spiro atoms. The van der Waals surface area contributed by atoms with Crippen molar-refractivity contribution in [3.8, 4) is 0 Å². The zero-order valence-electron chi connectivity index (χ0n) is 13.1. The Labute approximate surface area is 124 Å². The Kier molecular flexibility index (Phi) is 11.2. The molecule has 0 radical (unpaired) electrons. The van der Waals surface area contributed by atoms with Gasteiger partial charge in [0.1, 0.15) is 0 Å². The molecule has 0 bridgehead atoms. The minimum absolute atomic E-state index is 0.00714. The van der Waals surface area contributed by atoms with Gasteiger partial charge in [0.15, 0.2) is 0 Å². The summed E-state index contributed by atoms with van der Waals surface area (Å²) < 4.78 is 16.3. The molecule has 4 heteroatoms. The van der Waals surface area contributed by atoms with Crippen molar-refractivity contribution in [3.05, 3.63) is 0 Å². The van der Waals surface area contributed by atoms with Gasteiger partial charge in [0.05, 0.1) is 19.3 Å². The van der Waals surface area contributed by atoms with E-state index >= 15 is 0 Å². The number of nitrogens with two attached hydrogens (primary N) is 1. The van der Waals surface area contributed by atoms with E-state index in [2.05, 4.69) is 6.92 Å². The Bertz CT molecular complexity index is 214. The topological polar surface area (TPSA) is 53.7 Å². The first kappa shape index (κ1) is 17.9. The third-order valence-corrected chi connectivity index (χ3v) is 3.74. The number of ether oxygens (including phenoxy) is 3. The van der Waals surface area contributed by atoms with Gasteiger partial charge in [-0.3, -0.25) is 0 Å². The van der Waals surface area contributed by atoms with Crippen LogP contribution in [0.2, 0.25) is 0 Å². The Morgan fingerprint density at radius 2 is 1.55 bits per heavy atom. The molecule has 2 unspecified atom stereocenters. The first-order valence-electron chi connectivity index (χ1n) is 8.45. The first-order chi connectivity index (χ1) is 9.86. The molecule has 0 aliphatic carbocycles. The lowest BCUT2D eigenvalue weighted by molar-refractivity contribution is -0.236. The second-order valence-corrected chi connectivity index (χ2v) is 5.67. The maximum atomic E-state index is 5.51. The molecular formula is C16H33NO3. The SMILES string of the molecule is CCCCCCCCCCCCOC1OCC(CN)O1. The molecular weight excluding hydrogens is 254 g/mol. The molecule has 0 saturated carbocycles. The maximum Gasteiger partial charge on any atom is 0.272 e. The Morgan fingerprint density at radius 1 is 0.950 bits per heavy atom. The van der Waals surface area contributed by atoms with Crippen LogP contribution in [0.25, 0.3) is 0 Å². The van der Waals surface area contributed by atoms with Crippen molar-refractivity contribution in [1.82, 2.24) is 0 Å². The second kappa shape index (κ2) is 12.6. The van der Waals surface area contributed by atoms with Crippen molar-refractivity contribution in [2.24, 2.45) is 5.73 Å². The van der Waals surface area contributed by atoms with Gasteiger partial charge >= 0.3 is 0 Å².